The zero-order chi connectivity index (χ0) is 9.10. The van der Waals surface area contributed by atoms with Crippen molar-refractivity contribution in [1.82, 2.24) is 5.32 Å². The molecule has 1 aromatic carbocycles. The largest absolute Gasteiger partial charge is 0.387 e. The molecule has 2 N–H and O–H groups in total. The van der Waals surface area contributed by atoms with Gasteiger partial charge in [0.25, 0.3) is 0 Å². The summed E-state index contributed by atoms with van der Waals surface area (Å²) in [5.74, 6) is 0. The van der Waals surface area contributed by atoms with E-state index in [1.165, 1.54) is 6.42 Å². The van der Waals surface area contributed by atoms with Crippen LogP contribution in [-0.4, -0.2) is 17.7 Å². The molecule has 0 aliphatic carbocycles. The van der Waals surface area contributed by atoms with Gasteiger partial charge in [-0.15, -0.1) is 12.4 Å². The van der Waals surface area contributed by atoms with E-state index in [4.69, 9.17) is 0 Å². The SMILES string of the molecule is Cl.OC(c1ccccc1)[C@H]1CCCN1. The van der Waals surface area contributed by atoms with E-state index in [0.29, 0.717) is 0 Å². The Labute approximate surface area is 90.7 Å². The van der Waals surface area contributed by atoms with Gasteiger partial charge in [0, 0.05) is 6.04 Å². The van der Waals surface area contributed by atoms with Gasteiger partial charge in [0.15, 0.2) is 0 Å². The lowest BCUT2D eigenvalue weighted by Crippen LogP contribution is -2.28. The van der Waals surface area contributed by atoms with Crippen molar-refractivity contribution >= 4 is 12.4 Å². The van der Waals surface area contributed by atoms with Crippen LogP contribution in [0.25, 0.3) is 0 Å². The Kier molecular flexibility index (Phi) is 4.39. The summed E-state index contributed by atoms with van der Waals surface area (Å²) >= 11 is 0. The van der Waals surface area contributed by atoms with Gasteiger partial charge in [-0.05, 0) is 24.9 Å². The number of aliphatic hydroxyl groups excluding tert-OH is 1. The van der Waals surface area contributed by atoms with Gasteiger partial charge in [-0.25, -0.2) is 0 Å². The third-order valence-corrected chi connectivity index (χ3v) is 2.62. The Hall–Kier alpha value is -0.570. The third kappa shape index (κ3) is 2.47. The lowest BCUT2D eigenvalue weighted by atomic mass is 10.0. The van der Waals surface area contributed by atoms with Crippen LogP contribution >= 0.6 is 12.4 Å². The van der Waals surface area contributed by atoms with Crippen LogP contribution < -0.4 is 5.32 Å². The molecule has 0 amide bonds. The monoisotopic (exact) mass is 213 g/mol. The molecule has 1 aliphatic heterocycles. The number of hydrogen-bond acceptors (Lipinski definition) is 2. The molecule has 2 rings (SSSR count). The van der Waals surface area contributed by atoms with Gasteiger partial charge in [0.05, 0.1) is 6.10 Å². The molecule has 1 heterocycles. The molecular weight excluding hydrogens is 198 g/mol. The molecule has 3 heteroatoms. The Balaban J connectivity index is 0.000000980. The standard InChI is InChI=1S/C11H15NO.ClH/c13-11(10-7-4-8-12-10)9-5-2-1-3-6-9;/h1-3,5-6,10-13H,4,7-8H2;1H/t10-,11?;/m1./s1. The third-order valence-electron chi connectivity index (χ3n) is 2.62. The first kappa shape index (κ1) is 11.5. The number of nitrogens with one attached hydrogen (secondary N) is 1. The molecule has 1 unspecified atom stereocenters. The van der Waals surface area contributed by atoms with Crippen LogP contribution in [0, 0.1) is 0 Å². The first-order chi connectivity index (χ1) is 6.38. The average Bonchev–Trinajstić information content (AvgIpc) is 2.71. The minimum Gasteiger partial charge on any atom is -0.387 e. The van der Waals surface area contributed by atoms with Gasteiger partial charge in [0.1, 0.15) is 0 Å². The fourth-order valence-corrected chi connectivity index (χ4v) is 1.86. The summed E-state index contributed by atoms with van der Waals surface area (Å²) in [7, 11) is 0. The molecule has 0 radical (unpaired) electrons. The molecular formula is C11H16ClNO. The average molecular weight is 214 g/mol. The minimum atomic E-state index is -0.344. The number of rotatable bonds is 2. The Bertz CT molecular complexity index is 259. The molecule has 1 fully saturated rings. The molecule has 2 nitrogen and oxygen atoms in total. The fraction of sp³-hybridized carbons (Fsp3) is 0.455. The van der Waals surface area contributed by atoms with Crippen LogP contribution in [0.4, 0.5) is 0 Å². The minimum absolute atomic E-state index is 0. The lowest BCUT2D eigenvalue weighted by Gasteiger charge is -2.18. The van der Waals surface area contributed by atoms with Crippen LogP contribution in [0.15, 0.2) is 30.3 Å². The van der Waals surface area contributed by atoms with Crippen LogP contribution in [0.3, 0.4) is 0 Å². The van der Waals surface area contributed by atoms with Crippen LogP contribution in [0.2, 0.25) is 0 Å². The number of benzene rings is 1. The van der Waals surface area contributed by atoms with E-state index in [1.54, 1.807) is 0 Å². The normalized spacial score (nSPS) is 22.8. The lowest BCUT2D eigenvalue weighted by molar-refractivity contribution is 0.137. The molecule has 0 bridgehead atoms. The molecule has 1 saturated heterocycles. The summed E-state index contributed by atoms with van der Waals surface area (Å²) in [5.41, 5.74) is 1.02. The smallest absolute Gasteiger partial charge is 0.0942 e. The zero-order valence-corrected chi connectivity index (χ0v) is 8.83. The van der Waals surface area contributed by atoms with E-state index in [2.05, 4.69) is 5.32 Å². The first-order valence-electron chi connectivity index (χ1n) is 4.84. The number of halogens is 1. The number of hydrogen-bond donors (Lipinski definition) is 2. The van der Waals surface area contributed by atoms with Crippen molar-refractivity contribution in [1.29, 1.82) is 0 Å². The molecule has 0 spiro atoms. The van der Waals surface area contributed by atoms with Crippen molar-refractivity contribution < 1.29 is 5.11 Å². The molecule has 1 aliphatic rings. The molecule has 0 saturated carbocycles. The second-order valence-corrected chi connectivity index (χ2v) is 3.56. The molecule has 0 aromatic heterocycles. The van der Waals surface area contributed by atoms with E-state index >= 15 is 0 Å². The summed E-state index contributed by atoms with van der Waals surface area (Å²) in [4.78, 5) is 0. The summed E-state index contributed by atoms with van der Waals surface area (Å²) in [6.45, 7) is 1.04. The van der Waals surface area contributed by atoms with E-state index in [1.807, 2.05) is 30.3 Å². The van der Waals surface area contributed by atoms with Crippen molar-refractivity contribution in [2.24, 2.45) is 0 Å². The highest BCUT2D eigenvalue weighted by Gasteiger charge is 2.23. The van der Waals surface area contributed by atoms with E-state index in [9.17, 15) is 5.11 Å². The molecule has 2 atom stereocenters. The summed E-state index contributed by atoms with van der Waals surface area (Å²) < 4.78 is 0. The van der Waals surface area contributed by atoms with E-state index in [-0.39, 0.29) is 24.6 Å². The first-order valence-corrected chi connectivity index (χ1v) is 4.84. The molecule has 78 valence electrons. The predicted octanol–water partition coefficient (Wildman–Crippen LogP) is 1.89. The van der Waals surface area contributed by atoms with Crippen molar-refractivity contribution in [2.75, 3.05) is 6.54 Å². The summed E-state index contributed by atoms with van der Waals surface area (Å²) in [5, 5.41) is 13.3. The van der Waals surface area contributed by atoms with Gasteiger partial charge < -0.3 is 10.4 Å². The second kappa shape index (κ2) is 5.35. The fourth-order valence-electron chi connectivity index (χ4n) is 1.86. The zero-order valence-electron chi connectivity index (χ0n) is 8.02. The Morgan fingerprint density at radius 2 is 2.00 bits per heavy atom. The maximum Gasteiger partial charge on any atom is 0.0942 e. The van der Waals surface area contributed by atoms with Crippen molar-refractivity contribution in [3.05, 3.63) is 35.9 Å². The quantitative estimate of drug-likeness (QED) is 0.787. The number of aliphatic hydroxyl groups is 1. The van der Waals surface area contributed by atoms with Gasteiger partial charge >= 0.3 is 0 Å². The summed E-state index contributed by atoms with van der Waals surface area (Å²) in [6.07, 6.45) is 1.91. The van der Waals surface area contributed by atoms with Crippen molar-refractivity contribution in [3.8, 4) is 0 Å². The Morgan fingerprint density at radius 1 is 1.29 bits per heavy atom. The molecule has 1 aromatic rings. The van der Waals surface area contributed by atoms with E-state index < -0.39 is 0 Å². The van der Waals surface area contributed by atoms with Gasteiger partial charge in [0.2, 0.25) is 0 Å². The van der Waals surface area contributed by atoms with Crippen molar-refractivity contribution in [3.63, 3.8) is 0 Å². The Morgan fingerprint density at radius 3 is 2.57 bits per heavy atom. The molecule has 14 heavy (non-hydrogen) atoms. The highest BCUT2D eigenvalue weighted by Crippen LogP contribution is 2.22. The highest BCUT2D eigenvalue weighted by atomic mass is 35.5. The van der Waals surface area contributed by atoms with Crippen LogP contribution in [0.5, 0.6) is 0 Å². The van der Waals surface area contributed by atoms with E-state index in [0.717, 1.165) is 18.5 Å². The van der Waals surface area contributed by atoms with Gasteiger partial charge in [-0.2, -0.15) is 0 Å². The van der Waals surface area contributed by atoms with Crippen LogP contribution in [0.1, 0.15) is 24.5 Å². The van der Waals surface area contributed by atoms with Gasteiger partial charge in [-0.3, -0.25) is 0 Å². The predicted molar refractivity (Wildman–Crippen MR) is 59.7 cm³/mol. The maximum atomic E-state index is 9.96. The van der Waals surface area contributed by atoms with Crippen LogP contribution in [-0.2, 0) is 0 Å². The maximum absolute atomic E-state index is 9.96. The topological polar surface area (TPSA) is 32.3 Å². The highest BCUT2D eigenvalue weighted by molar-refractivity contribution is 5.85. The summed E-state index contributed by atoms with van der Waals surface area (Å²) in [6, 6.07) is 10.1. The van der Waals surface area contributed by atoms with Gasteiger partial charge in [-0.1, -0.05) is 30.3 Å². The van der Waals surface area contributed by atoms with Crippen molar-refractivity contribution in [2.45, 2.75) is 25.0 Å². The second-order valence-electron chi connectivity index (χ2n) is 3.56.